The summed E-state index contributed by atoms with van der Waals surface area (Å²) in [4.78, 5) is 10.9. The van der Waals surface area contributed by atoms with Crippen molar-refractivity contribution < 1.29 is 0 Å². The quantitative estimate of drug-likeness (QED) is 0.159. The molecule has 0 spiro atoms. The highest BCUT2D eigenvalue weighted by Crippen LogP contribution is 2.47. The van der Waals surface area contributed by atoms with Crippen LogP contribution in [0.2, 0.25) is 0 Å². The Morgan fingerprint density at radius 1 is 0.259 bits per heavy atom. The van der Waals surface area contributed by atoms with Crippen molar-refractivity contribution in [3.8, 4) is 78.1 Å². The van der Waals surface area contributed by atoms with E-state index in [1.54, 1.807) is 0 Å². The summed E-state index contributed by atoms with van der Waals surface area (Å²) in [5.74, 6) is 0. The highest BCUT2D eigenvalue weighted by Gasteiger charge is 2.22. The minimum absolute atomic E-state index is 0.943. The molecule has 8 aromatic carbocycles. The maximum absolute atomic E-state index is 5.44. The van der Waals surface area contributed by atoms with Crippen molar-refractivity contribution in [2.45, 2.75) is 0 Å². The van der Waals surface area contributed by atoms with Crippen LogP contribution >= 0.6 is 31.9 Å². The van der Waals surface area contributed by atoms with Gasteiger partial charge in [0.05, 0.1) is 22.4 Å². The summed E-state index contributed by atoms with van der Waals surface area (Å²) in [7, 11) is 0. The molecule has 274 valence electrons. The van der Waals surface area contributed by atoms with Crippen molar-refractivity contribution in [3.05, 3.63) is 215 Å². The fourth-order valence-corrected chi connectivity index (χ4v) is 8.63. The maximum atomic E-state index is 5.44. The lowest BCUT2D eigenvalue weighted by Crippen LogP contribution is -1.98. The van der Waals surface area contributed by atoms with Crippen molar-refractivity contribution in [2.75, 3.05) is 0 Å². The summed E-state index contributed by atoms with van der Waals surface area (Å²) < 4.78 is 2.07. The third kappa shape index (κ3) is 6.75. The van der Waals surface area contributed by atoms with Crippen LogP contribution in [-0.4, -0.2) is 9.97 Å². The molecule has 10 rings (SSSR count). The molecule has 2 nitrogen and oxygen atoms in total. The van der Waals surface area contributed by atoms with Gasteiger partial charge in [-0.1, -0.05) is 190 Å². The monoisotopic (exact) mass is 868 g/mol. The lowest BCUT2D eigenvalue weighted by Gasteiger charge is -2.20. The minimum Gasteiger partial charge on any atom is -0.247 e. The van der Waals surface area contributed by atoms with E-state index in [4.69, 9.17) is 9.97 Å². The Morgan fingerprint density at radius 3 is 0.879 bits per heavy atom. The molecule has 0 aliphatic carbocycles. The molecule has 0 bridgehead atoms. The number of hydrogen-bond acceptors (Lipinski definition) is 2. The predicted octanol–water partition coefficient (Wildman–Crippen LogP) is 16.0. The van der Waals surface area contributed by atoms with Crippen LogP contribution < -0.4 is 0 Å². The molecule has 0 fully saturated rings. The first-order valence-electron chi connectivity index (χ1n) is 19.3. The molecule has 58 heavy (non-hydrogen) atoms. The second kappa shape index (κ2) is 15.5. The van der Waals surface area contributed by atoms with Crippen molar-refractivity contribution >= 4 is 53.7 Å². The Balaban J connectivity index is 1.26. The number of benzene rings is 8. The van der Waals surface area contributed by atoms with Crippen molar-refractivity contribution in [3.63, 3.8) is 0 Å². The molecule has 0 saturated carbocycles. The molecule has 0 saturated heterocycles. The van der Waals surface area contributed by atoms with E-state index >= 15 is 0 Å². The van der Waals surface area contributed by atoms with E-state index in [9.17, 15) is 0 Å². The number of rotatable bonds is 7. The highest BCUT2D eigenvalue weighted by molar-refractivity contribution is 9.10. The molecule has 10 aromatic rings. The van der Waals surface area contributed by atoms with Gasteiger partial charge in [0.2, 0.25) is 0 Å². The molecule has 4 heteroatoms. The van der Waals surface area contributed by atoms with Crippen LogP contribution in [0.3, 0.4) is 0 Å². The van der Waals surface area contributed by atoms with Crippen LogP contribution in [0.1, 0.15) is 0 Å². The predicted molar refractivity (Wildman–Crippen MR) is 250 cm³/mol. The van der Waals surface area contributed by atoms with Gasteiger partial charge >= 0.3 is 0 Å². The van der Waals surface area contributed by atoms with E-state index in [2.05, 4.69) is 238 Å². The van der Waals surface area contributed by atoms with Gasteiger partial charge in [-0.3, -0.25) is 0 Å². The summed E-state index contributed by atoms with van der Waals surface area (Å²) in [6.45, 7) is 0. The Morgan fingerprint density at radius 2 is 0.552 bits per heavy atom. The molecule has 0 aliphatic rings. The third-order valence-electron chi connectivity index (χ3n) is 10.8. The SMILES string of the molecule is Brc1ccc(-c2nc3ccc(-c4ccc5nc(-c6ccc(Br)cc6)c(-c6ccccc6)c(-c6ccccc6)c5c4)cc3c(-c3ccccc3)c2-c2ccccc2)cc1. The summed E-state index contributed by atoms with van der Waals surface area (Å²) in [6.07, 6.45) is 0. The molecule has 2 heterocycles. The molecule has 0 N–H and O–H groups in total. The van der Waals surface area contributed by atoms with Crippen LogP contribution in [0.5, 0.6) is 0 Å². The fraction of sp³-hybridized carbons (Fsp3) is 0. The van der Waals surface area contributed by atoms with E-state index in [0.717, 1.165) is 109 Å². The minimum atomic E-state index is 0.943. The van der Waals surface area contributed by atoms with E-state index in [1.807, 2.05) is 0 Å². The Hall–Kier alpha value is -6.46. The first-order chi connectivity index (χ1) is 28.6. The summed E-state index contributed by atoms with van der Waals surface area (Å²) >= 11 is 7.28. The zero-order valence-electron chi connectivity index (χ0n) is 31.3. The van der Waals surface area contributed by atoms with Gasteiger partial charge in [-0.05, 0) is 81.9 Å². The van der Waals surface area contributed by atoms with Crippen molar-refractivity contribution in [2.24, 2.45) is 0 Å². The molecule has 0 radical (unpaired) electrons. The van der Waals surface area contributed by atoms with E-state index in [0.29, 0.717) is 0 Å². The Labute approximate surface area is 354 Å². The Kier molecular flexibility index (Phi) is 9.58. The standard InChI is InChI=1S/C54H34Br2N2/c55-43-27-21-39(22-28-43)53-51(37-17-9-3-10-18-37)49(35-13-5-1-6-14-35)45-33-41(25-31-47(45)57-53)42-26-32-48-46(34-42)50(36-15-7-2-8-16-36)52(38-19-11-4-12-20-38)54(58-48)40-23-29-44(56)30-24-40/h1-34H. The number of halogens is 2. The lowest BCUT2D eigenvalue weighted by molar-refractivity contribution is 1.39. The van der Waals surface area contributed by atoms with E-state index in [-0.39, 0.29) is 0 Å². The topological polar surface area (TPSA) is 25.8 Å². The van der Waals surface area contributed by atoms with Crippen LogP contribution in [0, 0.1) is 0 Å². The van der Waals surface area contributed by atoms with Gasteiger partial charge in [0, 0.05) is 53.1 Å². The van der Waals surface area contributed by atoms with Gasteiger partial charge in [-0.15, -0.1) is 0 Å². The normalized spacial score (nSPS) is 11.3. The number of nitrogens with zero attached hydrogens (tertiary/aromatic N) is 2. The molecular formula is C54H34Br2N2. The van der Waals surface area contributed by atoms with Crippen LogP contribution in [0.15, 0.2) is 215 Å². The van der Waals surface area contributed by atoms with Crippen molar-refractivity contribution in [1.29, 1.82) is 0 Å². The van der Waals surface area contributed by atoms with E-state index in [1.165, 1.54) is 0 Å². The van der Waals surface area contributed by atoms with Gasteiger partial charge in [0.15, 0.2) is 0 Å². The summed E-state index contributed by atoms with van der Waals surface area (Å²) in [5.41, 5.74) is 17.2. The van der Waals surface area contributed by atoms with E-state index < -0.39 is 0 Å². The molecule has 0 aliphatic heterocycles. The number of pyridine rings is 2. The lowest BCUT2D eigenvalue weighted by atomic mass is 9.86. The summed E-state index contributed by atoms with van der Waals surface area (Å²) in [5, 5.41) is 2.20. The zero-order chi connectivity index (χ0) is 39.0. The van der Waals surface area contributed by atoms with Gasteiger partial charge in [-0.2, -0.15) is 0 Å². The maximum Gasteiger partial charge on any atom is 0.0794 e. The number of aromatic nitrogens is 2. The number of fused-ring (bicyclic) bond motifs is 2. The number of hydrogen-bond donors (Lipinski definition) is 0. The first kappa shape index (κ1) is 35.9. The molecular weight excluding hydrogens is 836 g/mol. The molecule has 0 atom stereocenters. The highest BCUT2D eigenvalue weighted by atomic mass is 79.9. The third-order valence-corrected chi connectivity index (χ3v) is 11.8. The summed E-state index contributed by atoms with van der Waals surface area (Å²) in [6, 6.07) is 73.2. The van der Waals surface area contributed by atoms with Gasteiger partial charge < -0.3 is 0 Å². The van der Waals surface area contributed by atoms with Gasteiger partial charge in [0.1, 0.15) is 0 Å². The largest absolute Gasteiger partial charge is 0.247 e. The fourth-order valence-electron chi connectivity index (χ4n) is 8.10. The van der Waals surface area contributed by atoms with Crippen LogP contribution in [0.25, 0.3) is 100.0 Å². The van der Waals surface area contributed by atoms with Crippen LogP contribution in [-0.2, 0) is 0 Å². The van der Waals surface area contributed by atoms with Gasteiger partial charge in [-0.25, -0.2) is 9.97 Å². The second-order valence-electron chi connectivity index (χ2n) is 14.4. The van der Waals surface area contributed by atoms with Gasteiger partial charge in [0.25, 0.3) is 0 Å². The van der Waals surface area contributed by atoms with Crippen LogP contribution in [0.4, 0.5) is 0 Å². The van der Waals surface area contributed by atoms with Crippen molar-refractivity contribution in [1.82, 2.24) is 9.97 Å². The molecule has 0 amide bonds. The Bertz CT molecular complexity index is 2860. The second-order valence-corrected chi connectivity index (χ2v) is 16.2. The first-order valence-corrected chi connectivity index (χ1v) is 20.9. The smallest absolute Gasteiger partial charge is 0.0794 e. The molecule has 0 unspecified atom stereocenters. The average Bonchev–Trinajstić information content (AvgIpc) is 3.29. The average molecular weight is 871 g/mol. The molecule has 2 aromatic heterocycles. The zero-order valence-corrected chi connectivity index (χ0v) is 34.5.